The van der Waals surface area contributed by atoms with E-state index in [-0.39, 0.29) is 11.1 Å². The Bertz CT molecular complexity index is 1190. The minimum absolute atomic E-state index is 0.0694. The fourth-order valence-corrected chi connectivity index (χ4v) is 5.93. The number of carboxylic acids is 1. The quantitative estimate of drug-likeness (QED) is 0.507. The van der Waals surface area contributed by atoms with Gasteiger partial charge in [0.25, 0.3) is 5.91 Å². The molecule has 10 heteroatoms. The second-order valence-corrected chi connectivity index (χ2v) is 10.5. The number of hydrazine groups is 1. The lowest BCUT2D eigenvalue weighted by molar-refractivity contribution is -0.141. The van der Waals surface area contributed by atoms with Crippen molar-refractivity contribution in [1.82, 2.24) is 9.31 Å². The molecule has 33 heavy (non-hydrogen) atoms. The molecule has 2 aliphatic rings. The van der Waals surface area contributed by atoms with Crippen molar-refractivity contribution in [3.8, 4) is 0 Å². The first-order valence-electron chi connectivity index (χ1n) is 10.8. The van der Waals surface area contributed by atoms with Gasteiger partial charge < -0.3 is 10.0 Å². The maximum atomic E-state index is 15.0. The number of nitrogens with two attached hydrogens (primary N) is 1. The number of amides is 1. The van der Waals surface area contributed by atoms with Crippen LogP contribution in [0.15, 0.2) is 48.5 Å². The topological polar surface area (TPSA) is 121 Å². The number of hydrogen-bond acceptors (Lipinski definition) is 5. The van der Waals surface area contributed by atoms with Gasteiger partial charge in [0.2, 0.25) is 10.0 Å². The fourth-order valence-electron chi connectivity index (χ4n) is 5.19. The molecule has 1 amide bonds. The third-order valence-electron chi connectivity index (χ3n) is 6.63. The Hall–Kier alpha value is -2.82. The second-order valence-electron chi connectivity index (χ2n) is 8.59. The van der Waals surface area contributed by atoms with Gasteiger partial charge in [-0.1, -0.05) is 49.2 Å². The van der Waals surface area contributed by atoms with E-state index in [0.717, 1.165) is 10.7 Å². The number of nitrogens with zero attached hydrogens (tertiary/aromatic N) is 2. The Balaban J connectivity index is 1.94. The number of rotatable bonds is 5. The molecule has 1 aliphatic heterocycles. The van der Waals surface area contributed by atoms with E-state index in [1.54, 1.807) is 30.3 Å². The van der Waals surface area contributed by atoms with Crippen molar-refractivity contribution in [2.75, 3.05) is 6.26 Å². The van der Waals surface area contributed by atoms with Crippen LogP contribution in [0.3, 0.4) is 0 Å². The third-order valence-corrected chi connectivity index (χ3v) is 7.66. The molecule has 4 unspecified atom stereocenters. The molecule has 4 atom stereocenters. The third kappa shape index (κ3) is 4.14. The summed E-state index contributed by atoms with van der Waals surface area (Å²) >= 11 is 0. The van der Waals surface area contributed by atoms with E-state index < -0.39 is 51.8 Å². The molecule has 0 bridgehead atoms. The van der Waals surface area contributed by atoms with Gasteiger partial charge in [-0.2, -0.15) is 0 Å². The van der Waals surface area contributed by atoms with Crippen LogP contribution in [0.2, 0.25) is 0 Å². The highest BCUT2D eigenvalue weighted by atomic mass is 32.2. The molecule has 4 rings (SSSR count). The molecule has 2 aromatic carbocycles. The minimum atomic E-state index is -3.79. The zero-order valence-electron chi connectivity index (χ0n) is 18.1. The van der Waals surface area contributed by atoms with Gasteiger partial charge in [0.15, 0.2) is 0 Å². The monoisotopic (exact) mass is 475 g/mol. The van der Waals surface area contributed by atoms with Gasteiger partial charge in [0.05, 0.1) is 24.4 Å². The van der Waals surface area contributed by atoms with Crippen LogP contribution in [0.4, 0.5) is 4.39 Å². The molecular formula is C23H26FN3O5S. The predicted octanol–water partition coefficient (Wildman–Crippen LogP) is 2.64. The van der Waals surface area contributed by atoms with Gasteiger partial charge in [-0.05, 0) is 30.5 Å². The summed E-state index contributed by atoms with van der Waals surface area (Å²) in [5.41, 5.74) is 0.587. The van der Waals surface area contributed by atoms with Crippen LogP contribution in [-0.2, 0) is 14.8 Å². The summed E-state index contributed by atoms with van der Waals surface area (Å²) in [4.78, 5) is 27.7. The van der Waals surface area contributed by atoms with Gasteiger partial charge in [0, 0.05) is 11.1 Å². The summed E-state index contributed by atoms with van der Waals surface area (Å²) in [7, 11) is -3.79. The number of carboxylic acid groups (broad SMARTS) is 1. The molecule has 0 radical (unpaired) electrons. The molecule has 0 aromatic heterocycles. The minimum Gasteiger partial charge on any atom is -0.481 e. The lowest BCUT2D eigenvalue weighted by Gasteiger charge is -2.49. The van der Waals surface area contributed by atoms with E-state index in [9.17, 15) is 23.1 Å². The smallest absolute Gasteiger partial charge is 0.313 e. The SMILES string of the molecule is CS(=O)(=O)N(N)C1CCCCC1N1C(=O)c2ccccc2C(C(=O)O)C1c1ccccc1F. The first-order valence-corrected chi connectivity index (χ1v) is 12.6. The van der Waals surface area contributed by atoms with Crippen molar-refractivity contribution in [2.24, 2.45) is 5.84 Å². The molecule has 8 nitrogen and oxygen atoms in total. The van der Waals surface area contributed by atoms with Crippen LogP contribution in [0.5, 0.6) is 0 Å². The number of halogens is 1. The zero-order chi connectivity index (χ0) is 23.9. The lowest BCUT2D eigenvalue weighted by atomic mass is 9.77. The maximum Gasteiger partial charge on any atom is 0.313 e. The molecular weight excluding hydrogens is 449 g/mol. The highest BCUT2D eigenvalue weighted by molar-refractivity contribution is 7.88. The number of aliphatic carboxylic acids is 1. The van der Waals surface area contributed by atoms with Gasteiger partial charge in [-0.25, -0.2) is 12.8 Å². The largest absolute Gasteiger partial charge is 0.481 e. The van der Waals surface area contributed by atoms with Gasteiger partial charge in [-0.15, -0.1) is 4.41 Å². The Labute approximate surface area is 191 Å². The Morgan fingerprint density at radius 1 is 1.09 bits per heavy atom. The number of hydrogen-bond donors (Lipinski definition) is 2. The standard InChI is InChI=1S/C23H26FN3O5S/c1-33(31,32)27(25)19-13-7-6-12-18(19)26-21(16-10-4-5-11-17(16)24)20(23(29)30)14-8-2-3-9-15(14)22(26)28/h2-5,8-11,18-21H,6-7,12-13,25H2,1H3,(H,29,30). The number of carbonyl (C=O) groups is 2. The second kappa shape index (κ2) is 8.85. The van der Waals surface area contributed by atoms with E-state index in [4.69, 9.17) is 5.84 Å². The average molecular weight is 476 g/mol. The van der Waals surface area contributed by atoms with Crippen molar-refractivity contribution >= 4 is 21.9 Å². The Morgan fingerprint density at radius 2 is 1.70 bits per heavy atom. The van der Waals surface area contributed by atoms with Crippen molar-refractivity contribution in [1.29, 1.82) is 0 Å². The van der Waals surface area contributed by atoms with Crippen LogP contribution < -0.4 is 5.84 Å². The van der Waals surface area contributed by atoms with Crippen molar-refractivity contribution in [3.05, 3.63) is 71.0 Å². The van der Waals surface area contributed by atoms with E-state index in [1.165, 1.54) is 23.1 Å². The van der Waals surface area contributed by atoms with E-state index in [0.29, 0.717) is 31.2 Å². The molecule has 1 heterocycles. The number of carbonyl (C=O) groups excluding carboxylic acids is 1. The van der Waals surface area contributed by atoms with Crippen molar-refractivity contribution in [2.45, 2.75) is 49.7 Å². The van der Waals surface area contributed by atoms with Crippen LogP contribution in [0.1, 0.15) is 59.1 Å². The van der Waals surface area contributed by atoms with Crippen molar-refractivity contribution < 1.29 is 27.5 Å². The molecule has 176 valence electrons. The van der Waals surface area contributed by atoms with E-state index in [2.05, 4.69) is 0 Å². The summed E-state index contributed by atoms with van der Waals surface area (Å²) in [6, 6.07) is 9.54. The Kier molecular flexibility index (Phi) is 6.26. The van der Waals surface area contributed by atoms with E-state index >= 15 is 4.39 Å². The number of sulfonamides is 1. The normalized spacial score (nSPS) is 25.7. The fraction of sp³-hybridized carbons (Fsp3) is 0.391. The molecule has 1 aliphatic carbocycles. The molecule has 3 N–H and O–H groups in total. The highest BCUT2D eigenvalue weighted by Crippen LogP contribution is 2.46. The maximum absolute atomic E-state index is 15.0. The van der Waals surface area contributed by atoms with Crippen LogP contribution in [0.25, 0.3) is 0 Å². The van der Waals surface area contributed by atoms with Gasteiger partial charge >= 0.3 is 5.97 Å². The summed E-state index contributed by atoms with van der Waals surface area (Å²) in [6.45, 7) is 0. The van der Waals surface area contributed by atoms with Crippen molar-refractivity contribution in [3.63, 3.8) is 0 Å². The first kappa shape index (κ1) is 23.3. The summed E-state index contributed by atoms with van der Waals surface area (Å²) in [6.07, 6.45) is 3.21. The van der Waals surface area contributed by atoms with E-state index in [1.807, 2.05) is 0 Å². The molecule has 0 spiro atoms. The predicted molar refractivity (Wildman–Crippen MR) is 119 cm³/mol. The Morgan fingerprint density at radius 3 is 2.33 bits per heavy atom. The lowest BCUT2D eigenvalue weighted by Crippen LogP contribution is -2.61. The number of benzene rings is 2. The molecule has 1 fully saturated rings. The number of fused-ring (bicyclic) bond motifs is 1. The highest BCUT2D eigenvalue weighted by Gasteiger charge is 2.50. The first-order chi connectivity index (χ1) is 15.6. The summed E-state index contributed by atoms with van der Waals surface area (Å²) < 4.78 is 40.3. The van der Waals surface area contributed by atoms with Gasteiger partial charge in [-0.3, -0.25) is 15.4 Å². The van der Waals surface area contributed by atoms with Gasteiger partial charge in [0.1, 0.15) is 11.7 Å². The molecule has 1 saturated carbocycles. The van der Waals surface area contributed by atoms with Crippen LogP contribution >= 0.6 is 0 Å². The van der Waals surface area contributed by atoms with Crippen LogP contribution in [0, 0.1) is 5.82 Å². The molecule has 0 saturated heterocycles. The zero-order valence-corrected chi connectivity index (χ0v) is 18.9. The average Bonchev–Trinajstić information content (AvgIpc) is 2.78. The summed E-state index contributed by atoms with van der Waals surface area (Å²) in [5.74, 6) is 2.46. The summed E-state index contributed by atoms with van der Waals surface area (Å²) in [5, 5.41) is 10.2. The van der Waals surface area contributed by atoms with Crippen LogP contribution in [-0.4, -0.2) is 53.1 Å². The molecule has 2 aromatic rings.